The third-order valence-electron chi connectivity index (χ3n) is 3.41. The molecule has 0 radical (unpaired) electrons. The number of hydrogen-bond donors (Lipinski definition) is 2. The zero-order valence-corrected chi connectivity index (χ0v) is 13.3. The number of hydrogen-bond acceptors (Lipinski definition) is 3. The summed E-state index contributed by atoms with van der Waals surface area (Å²) in [5, 5.41) is 0. The van der Waals surface area contributed by atoms with Gasteiger partial charge in [0.2, 0.25) is 10.0 Å². The molecule has 6 heteroatoms. The highest BCUT2D eigenvalue weighted by atomic mass is 79.9. The standard InChI is InChI=1S/C13H19BrN2O2S/c1-2-3-10-7-12(10)16-19(17,18)13-5-4-9(8-15)6-11(13)14/h4-6,10,12,16H,2-3,7-8,15H2,1H3. The molecule has 1 aliphatic rings. The number of nitrogens with two attached hydrogens (primary N) is 1. The van der Waals surface area contributed by atoms with Gasteiger partial charge in [0.1, 0.15) is 0 Å². The Morgan fingerprint density at radius 2 is 2.21 bits per heavy atom. The Labute approximate surface area is 122 Å². The zero-order chi connectivity index (χ0) is 14.0. The van der Waals surface area contributed by atoms with Crippen LogP contribution in [0.1, 0.15) is 31.7 Å². The molecule has 4 nitrogen and oxygen atoms in total. The molecule has 0 aliphatic heterocycles. The minimum absolute atomic E-state index is 0.103. The number of sulfonamides is 1. The van der Waals surface area contributed by atoms with Gasteiger partial charge in [-0.3, -0.25) is 0 Å². The van der Waals surface area contributed by atoms with E-state index in [2.05, 4.69) is 27.6 Å². The molecule has 3 N–H and O–H groups in total. The lowest BCUT2D eigenvalue weighted by molar-refractivity contribution is 0.572. The van der Waals surface area contributed by atoms with Gasteiger partial charge in [0.15, 0.2) is 0 Å². The van der Waals surface area contributed by atoms with Gasteiger partial charge in [-0.05, 0) is 52.4 Å². The van der Waals surface area contributed by atoms with Gasteiger partial charge in [0, 0.05) is 17.1 Å². The topological polar surface area (TPSA) is 72.2 Å². The van der Waals surface area contributed by atoms with Gasteiger partial charge < -0.3 is 5.73 Å². The van der Waals surface area contributed by atoms with Gasteiger partial charge in [-0.2, -0.15) is 0 Å². The van der Waals surface area contributed by atoms with E-state index in [4.69, 9.17) is 5.73 Å². The van der Waals surface area contributed by atoms with Crippen LogP contribution in [0.3, 0.4) is 0 Å². The van der Waals surface area contributed by atoms with Crippen LogP contribution in [0.2, 0.25) is 0 Å². The summed E-state index contributed by atoms with van der Waals surface area (Å²) >= 11 is 3.31. The lowest BCUT2D eigenvalue weighted by Crippen LogP contribution is -2.27. The molecule has 1 aromatic carbocycles. The van der Waals surface area contributed by atoms with E-state index in [0.717, 1.165) is 24.8 Å². The highest BCUT2D eigenvalue weighted by molar-refractivity contribution is 9.10. The van der Waals surface area contributed by atoms with Crippen LogP contribution in [-0.4, -0.2) is 14.5 Å². The van der Waals surface area contributed by atoms with Crippen molar-refractivity contribution in [3.05, 3.63) is 28.2 Å². The number of halogens is 1. The minimum Gasteiger partial charge on any atom is -0.326 e. The summed E-state index contributed by atoms with van der Waals surface area (Å²) in [5.41, 5.74) is 6.44. The van der Waals surface area contributed by atoms with E-state index in [1.807, 2.05) is 0 Å². The maximum Gasteiger partial charge on any atom is 0.241 e. The van der Waals surface area contributed by atoms with Gasteiger partial charge in [-0.1, -0.05) is 19.4 Å². The van der Waals surface area contributed by atoms with Crippen molar-refractivity contribution < 1.29 is 8.42 Å². The molecule has 0 heterocycles. The van der Waals surface area contributed by atoms with Crippen molar-refractivity contribution in [2.45, 2.75) is 43.7 Å². The molecule has 2 unspecified atom stereocenters. The van der Waals surface area contributed by atoms with Crippen LogP contribution in [-0.2, 0) is 16.6 Å². The Morgan fingerprint density at radius 1 is 1.47 bits per heavy atom. The Balaban J connectivity index is 2.12. The third-order valence-corrected chi connectivity index (χ3v) is 5.88. The fraction of sp³-hybridized carbons (Fsp3) is 0.538. The van der Waals surface area contributed by atoms with Crippen molar-refractivity contribution in [3.63, 3.8) is 0 Å². The first-order valence-corrected chi connectivity index (χ1v) is 8.76. The van der Waals surface area contributed by atoms with Gasteiger partial charge in [-0.25, -0.2) is 13.1 Å². The monoisotopic (exact) mass is 346 g/mol. The van der Waals surface area contributed by atoms with E-state index >= 15 is 0 Å². The van der Waals surface area contributed by atoms with Crippen molar-refractivity contribution in [1.82, 2.24) is 4.72 Å². The smallest absolute Gasteiger partial charge is 0.241 e. The molecule has 2 rings (SSSR count). The van der Waals surface area contributed by atoms with Crippen molar-refractivity contribution in [2.24, 2.45) is 11.7 Å². The van der Waals surface area contributed by atoms with Crippen LogP contribution in [0.4, 0.5) is 0 Å². The van der Waals surface area contributed by atoms with E-state index < -0.39 is 10.0 Å². The minimum atomic E-state index is -3.44. The molecular weight excluding hydrogens is 328 g/mol. The molecule has 1 fully saturated rings. The molecule has 0 saturated heterocycles. The predicted molar refractivity (Wildman–Crippen MR) is 79.2 cm³/mol. The van der Waals surface area contributed by atoms with Crippen molar-refractivity contribution in [3.8, 4) is 0 Å². The molecular formula is C13H19BrN2O2S. The molecule has 106 valence electrons. The molecule has 1 aliphatic carbocycles. The molecule has 1 aromatic rings. The largest absolute Gasteiger partial charge is 0.326 e. The molecule has 2 atom stereocenters. The molecule has 0 bridgehead atoms. The number of nitrogens with one attached hydrogen (secondary N) is 1. The third kappa shape index (κ3) is 3.56. The van der Waals surface area contributed by atoms with Gasteiger partial charge >= 0.3 is 0 Å². The average molecular weight is 347 g/mol. The van der Waals surface area contributed by atoms with Crippen LogP contribution in [0.15, 0.2) is 27.6 Å². The normalized spacial score (nSPS) is 22.5. The molecule has 0 spiro atoms. The summed E-state index contributed by atoms with van der Waals surface area (Å²) in [6.07, 6.45) is 3.13. The number of benzene rings is 1. The Kier molecular flexibility index (Phi) is 4.66. The highest BCUT2D eigenvalue weighted by Crippen LogP contribution is 2.36. The van der Waals surface area contributed by atoms with Crippen LogP contribution in [0, 0.1) is 5.92 Å². The second-order valence-corrected chi connectivity index (χ2v) is 7.52. The first-order chi connectivity index (χ1) is 8.97. The molecule has 1 saturated carbocycles. The Bertz CT molecular complexity index is 560. The van der Waals surface area contributed by atoms with E-state index in [9.17, 15) is 8.42 Å². The fourth-order valence-corrected chi connectivity index (χ4v) is 4.68. The van der Waals surface area contributed by atoms with Crippen LogP contribution < -0.4 is 10.5 Å². The van der Waals surface area contributed by atoms with Crippen molar-refractivity contribution in [1.29, 1.82) is 0 Å². The first-order valence-electron chi connectivity index (χ1n) is 6.48. The summed E-state index contributed by atoms with van der Waals surface area (Å²) in [4.78, 5) is 0.284. The zero-order valence-electron chi connectivity index (χ0n) is 10.9. The van der Waals surface area contributed by atoms with Crippen LogP contribution in [0.5, 0.6) is 0 Å². The van der Waals surface area contributed by atoms with Crippen molar-refractivity contribution in [2.75, 3.05) is 0 Å². The summed E-state index contributed by atoms with van der Waals surface area (Å²) in [6, 6.07) is 5.21. The van der Waals surface area contributed by atoms with Gasteiger partial charge in [0.05, 0.1) is 4.90 Å². The van der Waals surface area contributed by atoms with Gasteiger partial charge in [-0.15, -0.1) is 0 Å². The summed E-state index contributed by atoms with van der Waals surface area (Å²) in [6.45, 7) is 2.51. The second kappa shape index (κ2) is 5.91. The summed E-state index contributed by atoms with van der Waals surface area (Å²) in [5.74, 6) is 0.502. The summed E-state index contributed by atoms with van der Waals surface area (Å²) in [7, 11) is -3.44. The fourth-order valence-electron chi connectivity index (χ4n) is 2.23. The maximum atomic E-state index is 12.3. The van der Waals surface area contributed by atoms with E-state index in [-0.39, 0.29) is 10.9 Å². The van der Waals surface area contributed by atoms with Crippen LogP contribution >= 0.6 is 15.9 Å². The molecule has 0 amide bonds. The SMILES string of the molecule is CCCC1CC1NS(=O)(=O)c1ccc(CN)cc1Br. The van der Waals surface area contributed by atoms with Gasteiger partial charge in [0.25, 0.3) is 0 Å². The lowest BCUT2D eigenvalue weighted by Gasteiger charge is -2.09. The van der Waals surface area contributed by atoms with E-state index in [1.165, 1.54) is 0 Å². The predicted octanol–water partition coefficient (Wildman–Crippen LogP) is 2.37. The average Bonchev–Trinajstić information content (AvgIpc) is 3.06. The van der Waals surface area contributed by atoms with Crippen molar-refractivity contribution >= 4 is 26.0 Å². The maximum absolute atomic E-state index is 12.3. The molecule has 0 aromatic heterocycles. The number of rotatable bonds is 6. The lowest BCUT2D eigenvalue weighted by atomic mass is 10.2. The Morgan fingerprint density at radius 3 is 2.79 bits per heavy atom. The second-order valence-electron chi connectivity index (χ2n) is 4.98. The highest BCUT2D eigenvalue weighted by Gasteiger charge is 2.39. The molecule has 19 heavy (non-hydrogen) atoms. The quantitative estimate of drug-likeness (QED) is 0.830. The van der Waals surface area contributed by atoms with E-state index in [0.29, 0.717) is 16.9 Å². The first kappa shape index (κ1) is 15.0. The summed E-state index contributed by atoms with van der Waals surface area (Å²) < 4.78 is 27.9. The Hall–Kier alpha value is -0.430. The van der Waals surface area contributed by atoms with Crippen LogP contribution in [0.25, 0.3) is 0 Å². The van der Waals surface area contributed by atoms with E-state index in [1.54, 1.807) is 18.2 Å².